The molecule has 3 atom stereocenters. The number of carbonyl (C=O) groups is 1. The Bertz CT molecular complexity index is 299. The van der Waals surface area contributed by atoms with Crippen molar-refractivity contribution in [2.75, 3.05) is 13.2 Å². The van der Waals surface area contributed by atoms with Gasteiger partial charge < -0.3 is 20.5 Å². The van der Waals surface area contributed by atoms with Crippen LogP contribution < -0.4 is 10.6 Å². The molecule has 1 rings (SSSR count). The first-order chi connectivity index (χ1) is 9.30. The van der Waals surface area contributed by atoms with Gasteiger partial charge in [0, 0.05) is 13.2 Å². The minimum Gasteiger partial charge on any atom is -0.388 e. The van der Waals surface area contributed by atoms with E-state index in [0.29, 0.717) is 12.3 Å². The van der Waals surface area contributed by atoms with Crippen molar-refractivity contribution < 1.29 is 14.6 Å². The lowest BCUT2D eigenvalue weighted by molar-refractivity contribution is 0.0469. The molecule has 3 N–H and O–H groups in total. The summed E-state index contributed by atoms with van der Waals surface area (Å²) >= 11 is 0. The summed E-state index contributed by atoms with van der Waals surface area (Å²) in [5.41, 5.74) is -0.852. The normalized spacial score (nSPS) is 23.4. The van der Waals surface area contributed by atoms with Gasteiger partial charge >= 0.3 is 6.03 Å². The number of hydrogen-bond acceptors (Lipinski definition) is 3. The Kier molecular flexibility index (Phi) is 6.76. The summed E-state index contributed by atoms with van der Waals surface area (Å²) in [6, 6.07) is -0.240. The van der Waals surface area contributed by atoms with E-state index < -0.39 is 5.60 Å². The number of amides is 2. The van der Waals surface area contributed by atoms with Crippen molar-refractivity contribution in [1.29, 1.82) is 0 Å². The highest BCUT2D eigenvalue weighted by molar-refractivity contribution is 5.74. The zero-order valence-corrected chi connectivity index (χ0v) is 13.2. The number of ether oxygens (including phenoxy) is 1. The highest BCUT2D eigenvalue weighted by Crippen LogP contribution is 2.16. The standard InChI is InChI=1S/C15H30N2O3/c1-11(2)7-8-15(4,19)10-16-14(18)17-12(3)13-6-5-9-20-13/h11-13,19H,5-10H2,1-4H3,(H2,16,17,18). The molecule has 5 nitrogen and oxygen atoms in total. The second-order valence-electron chi connectivity index (χ2n) is 6.60. The number of carbonyl (C=O) groups excluding carboxylic acids is 1. The zero-order chi connectivity index (χ0) is 15.2. The van der Waals surface area contributed by atoms with Crippen molar-refractivity contribution in [3.63, 3.8) is 0 Å². The molecular weight excluding hydrogens is 256 g/mol. The van der Waals surface area contributed by atoms with Crippen LogP contribution >= 0.6 is 0 Å². The van der Waals surface area contributed by atoms with E-state index in [-0.39, 0.29) is 24.7 Å². The topological polar surface area (TPSA) is 70.6 Å². The number of hydrogen-bond donors (Lipinski definition) is 3. The number of rotatable bonds is 7. The van der Waals surface area contributed by atoms with Gasteiger partial charge in [-0.25, -0.2) is 4.79 Å². The van der Waals surface area contributed by atoms with Crippen molar-refractivity contribution in [3.05, 3.63) is 0 Å². The maximum Gasteiger partial charge on any atom is 0.315 e. The van der Waals surface area contributed by atoms with Gasteiger partial charge in [0.2, 0.25) is 0 Å². The van der Waals surface area contributed by atoms with Crippen LogP contribution in [0.3, 0.4) is 0 Å². The van der Waals surface area contributed by atoms with Gasteiger partial charge in [-0.05, 0) is 45.4 Å². The Balaban J connectivity index is 2.24. The van der Waals surface area contributed by atoms with Gasteiger partial charge in [0.15, 0.2) is 0 Å². The predicted molar refractivity (Wildman–Crippen MR) is 79.7 cm³/mol. The molecule has 1 saturated heterocycles. The third-order valence-electron chi connectivity index (χ3n) is 3.77. The summed E-state index contributed by atoms with van der Waals surface area (Å²) < 4.78 is 5.53. The van der Waals surface area contributed by atoms with Crippen LogP contribution in [0.2, 0.25) is 0 Å². The summed E-state index contributed by atoms with van der Waals surface area (Å²) in [6.07, 6.45) is 3.80. The first kappa shape index (κ1) is 17.2. The third-order valence-corrected chi connectivity index (χ3v) is 3.77. The Labute approximate surface area is 122 Å². The maximum absolute atomic E-state index is 11.8. The molecule has 0 spiro atoms. The Morgan fingerprint density at radius 3 is 2.70 bits per heavy atom. The summed E-state index contributed by atoms with van der Waals surface area (Å²) in [5.74, 6) is 0.551. The van der Waals surface area contributed by atoms with Crippen molar-refractivity contribution >= 4 is 6.03 Å². The van der Waals surface area contributed by atoms with Crippen LogP contribution in [0.15, 0.2) is 0 Å². The highest BCUT2D eigenvalue weighted by atomic mass is 16.5. The first-order valence-electron chi connectivity index (χ1n) is 7.68. The van der Waals surface area contributed by atoms with Crippen LogP contribution in [0.4, 0.5) is 4.79 Å². The summed E-state index contributed by atoms with van der Waals surface area (Å²) in [7, 11) is 0. The summed E-state index contributed by atoms with van der Waals surface area (Å²) in [5, 5.41) is 15.8. The van der Waals surface area contributed by atoms with Crippen LogP contribution in [0.25, 0.3) is 0 Å². The lowest BCUT2D eigenvalue weighted by Crippen LogP contribution is -2.49. The van der Waals surface area contributed by atoms with Gasteiger partial charge in [0.05, 0.1) is 17.7 Å². The fraction of sp³-hybridized carbons (Fsp3) is 0.933. The van der Waals surface area contributed by atoms with Gasteiger partial charge in [-0.2, -0.15) is 0 Å². The van der Waals surface area contributed by atoms with E-state index in [1.807, 2.05) is 6.92 Å². The third kappa shape index (κ3) is 6.57. The van der Waals surface area contributed by atoms with Crippen LogP contribution in [0.1, 0.15) is 53.4 Å². The molecule has 2 amide bonds. The van der Waals surface area contributed by atoms with Gasteiger partial charge in [0.25, 0.3) is 0 Å². The average Bonchev–Trinajstić information content (AvgIpc) is 2.88. The Morgan fingerprint density at radius 2 is 2.15 bits per heavy atom. The van der Waals surface area contributed by atoms with Crippen LogP contribution in [-0.2, 0) is 4.74 Å². The number of aliphatic hydroxyl groups is 1. The molecule has 0 aliphatic carbocycles. The van der Waals surface area contributed by atoms with Crippen molar-refractivity contribution in [1.82, 2.24) is 10.6 Å². The lowest BCUT2D eigenvalue weighted by Gasteiger charge is -2.26. The number of nitrogens with one attached hydrogen (secondary N) is 2. The summed E-state index contributed by atoms with van der Waals surface area (Å²) in [4.78, 5) is 11.8. The molecule has 1 aliphatic heterocycles. The number of urea groups is 1. The molecule has 0 radical (unpaired) electrons. The molecule has 20 heavy (non-hydrogen) atoms. The Morgan fingerprint density at radius 1 is 1.45 bits per heavy atom. The molecule has 0 aromatic heterocycles. The van der Waals surface area contributed by atoms with E-state index in [2.05, 4.69) is 24.5 Å². The van der Waals surface area contributed by atoms with Gasteiger partial charge in [-0.1, -0.05) is 13.8 Å². The zero-order valence-electron chi connectivity index (χ0n) is 13.2. The molecule has 1 heterocycles. The molecular formula is C15H30N2O3. The monoisotopic (exact) mass is 286 g/mol. The van der Waals surface area contributed by atoms with Crippen molar-refractivity contribution in [2.45, 2.75) is 71.1 Å². The molecule has 0 aromatic rings. The van der Waals surface area contributed by atoms with E-state index in [4.69, 9.17) is 4.74 Å². The highest BCUT2D eigenvalue weighted by Gasteiger charge is 2.25. The molecule has 3 unspecified atom stereocenters. The van der Waals surface area contributed by atoms with E-state index in [9.17, 15) is 9.90 Å². The van der Waals surface area contributed by atoms with Crippen molar-refractivity contribution in [3.8, 4) is 0 Å². The second kappa shape index (κ2) is 7.84. The summed E-state index contributed by atoms with van der Waals surface area (Å²) in [6.45, 7) is 9.01. The van der Waals surface area contributed by atoms with E-state index >= 15 is 0 Å². The molecule has 5 heteroatoms. The first-order valence-corrected chi connectivity index (χ1v) is 7.68. The van der Waals surface area contributed by atoms with E-state index in [1.54, 1.807) is 6.92 Å². The lowest BCUT2D eigenvalue weighted by atomic mass is 9.95. The van der Waals surface area contributed by atoms with Gasteiger partial charge in [0.1, 0.15) is 0 Å². The minimum atomic E-state index is -0.852. The molecule has 0 bridgehead atoms. The fourth-order valence-corrected chi connectivity index (χ4v) is 2.31. The SMILES string of the molecule is CC(C)CCC(C)(O)CNC(=O)NC(C)C1CCCO1. The quantitative estimate of drug-likeness (QED) is 0.671. The second-order valence-corrected chi connectivity index (χ2v) is 6.60. The average molecular weight is 286 g/mol. The molecule has 0 saturated carbocycles. The predicted octanol–water partition coefficient (Wildman–Crippen LogP) is 2.04. The van der Waals surface area contributed by atoms with Gasteiger partial charge in [-0.15, -0.1) is 0 Å². The molecule has 1 fully saturated rings. The van der Waals surface area contributed by atoms with Crippen molar-refractivity contribution in [2.24, 2.45) is 5.92 Å². The Hall–Kier alpha value is -0.810. The largest absolute Gasteiger partial charge is 0.388 e. The van der Waals surface area contributed by atoms with Crippen LogP contribution in [0, 0.1) is 5.92 Å². The maximum atomic E-state index is 11.8. The molecule has 0 aromatic carbocycles. The molecule has 118 valence electrons. The van der Waals surface area contributed by atoms with E-state index in [0.717, 1.165) is 25.9 Å². The van der Waals surface area contributed by atoms with Crippen LogP contribution in [0.5, 0.6) is 0 Å². The van der Waals surface area contributed by atoms with E-state index in [1.165, 1.54) is 0 Å². The smallest absolute Gasteiger partial charge is 0.315 e. The van der Waals surface area contributed by atoms with Gasteiger partial charge in [-0.3, -0.25) is 0 Å². The fourth-order valence-electron chi connectivity index (χ4n) is 2.31. The molecule has 1 aliphatic rings. The minimum absolute atomic E-state index is 0.00175. The van der Waals surface area contributed by atoms with Crippen LogP contribution in [-0.4, -0.2) is 42.0 Å².